The van der Waals surface area contributed by atoms with Crippen molar-refractivity contribution in [3.63, 3.8) is 0 Å². The second-order valence-corrected chi connectivity index (χ2v) is 5.99. The van der Waals surface area contributed by atoms with E-state index in [0.717, 1.165) is 22.9 Å². The average molecular weight is 327 g/mol. The second-order valence-electron chi connectivity index (χ2n) is 5.07. The first-order valence-electron chi connectivity index (χ1n) is 6.47. The van der Waals surface area contributed by atoms with Crippen LogP contribution >= 0.6 is 15.9 Å². The molecule has 0 spiro atoms. The van der Waals surface area contributed by atoms with Crippen LogP contribution in [0.1, 0.15) is 18.4 Å². The highest BCUT2D eigenvalue weighted by Gasteiger charge is 2.31. The lowest BCUT2D eigenvalue weighted by Gasteiger charge is -2.21. The molecule has 1 aliphatic carbocycles. The first kappa shape index (κ1) is 14.3. The van der Waals surface area contributed by atoms with Crippen LogP contribution in [0.5, 0.6) is 0 Å². The standard InChI is InChI=1S/C14H19BrN2O2/c1-17(9-13(18)11-5-6-11)14(19)16-8-10-3-2-4-12(15)7-10/h2-4,7,11,13,18H,5-6,8-9H2,1H3,(H,16,19). The largest absolute Gasteiger partial charge is 0.391 e. The van der Waals surface area contributed by atoms with Crippen molar-refractivity contribution in [2.75, 3.05) is 13.6 Å². The van der Waals surface area contributed by atoms with Crippen LogP contribution in [0, 0.1) is 5.92 Å². The monoisotopic (exact) mass is 326 g/mol. The van der Waals surface area contributed by atoms with Gasteiger partial charge in [0, 0.05) is 24.6 Å². The van der Waals surface area contributed by atoms with Crippen molar-refractivity contribution in [1.29, 1.82) is 0 Å². The van der Waals surface area contributed by atoms with Crippen LogP contribution in [0.3, 0.4) is 0 Å². The molecule has 0 heterocycles. The number of hydrogen-bond donors (Lipinski definition) is 2. The molecule has 2 rings (SSSR count). The molecule has 1 unspecified atom stereocenters. The maximum absolute atomic E-state index is 11.9. The molecular formula is C14H19BrN2O2. The molecule has 4 nitrogen and oxygen atoms in total. The zero-order valence-corrected chi connectivity index (χ0v) is 12.6. The molecule has 0 saturated heterocycles. The van der Waals surface area contributed by atoms with Gasteiger partial charge in [-0.15, -0.1) is 0 Å². The van der Waals surface area contributed by atoms with Gasteiger partial charge in [-0.1, -0.05) is 28.1 Å². The maximum Gasteiger partial charge on any atom is 0.317 e. The summed E-state index contributed by atoms with van der Waals surface area (Å²) >= 11 is 3.40. The van der Waals surface area contributed by atoms with Gasteiger partial charge < -0.3 is 15.3 Å². The summed E-state index contributed by atoms with van der Waals surface area (Å²) in [5.74, 6) is 0.389. The van der Waals surface area contributed by atoms with Crippen molar-refractivity contribution in [1.82, 2.24) is 10.2 Å². The number of likely N-dealkylation sites (N-methyl/N-ethyl adjacent to an activating group) is 1. The van der Waals surface area contributed by atoms with E-state index in [2.05, 4.69) is 21.2 Å². The van der Waals surface area contributed by atoms with E-state index < -0.39 is 0 Å². The third kappa shape index (κ3) is 4.51. The molecule has 0 aliphatic heterocycles. The number of amides is 2. The summed E-state index contributed by atoms with van der Waals surface area (Å²) in [4.78, 5) is 13.4. The smallest absolute Gasteiger partial charge is 0.317 e. The summed E-state index contributed by atoms with van der Waals surface area (Å²) in [5.41, 5.74) is 1.04. The minimum atomic E-state index is -0.387. The van der Waals surface area contributed by atoms with Crippen LogP contribution in [0.25, 0.3) is 0 Å². The van der Waals surface area contributed by atoms with E-state index in [1.807, 2.05) is 24.3 Å². The Bertz CT molecular complexity index is 449. The Morgan fingerprint density at radius 3 is 2.95 bits per heavy atom. The molecule has 5 heteroatoms. The van der Waals surface area contributed by atoms with Crippen LogP contribution in [-0.2, 0) is 6.54 Å². The molecule has 19 heavy (non-hydrogen) atoms. The molecular weight excluding hydrogens is 308 g/mol. The quantitative estimate of drug-likeness (QED) is 0.872. The zero-order chi connectivity index (χ0) is 13.8. The molecule has 1 saturated carbocycles. The first-order valence-corrected chi connectivity index (χ1v) is 7.27. The van der Waals surface area contributed by atoms with Gasteiger partial charge in [-0.05, 0) is 36.5 Å². The van der Waals surface area contributed by atoms with Gasteiger partial charge in [-0.25, -0.2) is 4.79 Å². The Morgan fingerprint density at radius 2 is 2.32 bits per heavy atom. The van der Waals surface area contributed by atoms with Crippen LogP contribution in [-0.4, -0.2) is 35.7 Å². The SMILES string of the molecule is CN(CC(O)C1CC1)C(=O)NCc1cccc(Br)c1. The highest BCUT2D eigenvalue weighted by Crippen LogP contribution is 2.32. The van der Waals surface area contributed by atoms with Gasteiger partial charge in [0.05, 0.1) is 6.10 Å². The van der Waals surface area contributed by atoms with Crippen LogP contribution in [0.15, 0.2) is 28.7 Å². The van der Waals surface area contributed by atoms with Crippen molar-refractivity contribution < 1.29 is 9.90 Å². The van der Waals surface area contributed by atoms with E-state index in [1.165, 1.54) is 0 Å². The second kappa shape index (κ2) is 6.39. The molecule has 104 valence electrons. The Morgan fingerprint density at radius 1 is 1.58 bits per heavy atom. The summed E-state index contributed by atoms with van der Waals surface area (Å²) in [7, 11) is 1.71. The van der Waals surface area contributed by atoms with E-state index in [1.54, 1.807) is 11.9 Å². The van der Waals surface area contributed by atoms with Gasteiger partial charge in [-0.3, -0.25) is 0 Å². The van der Waals surface area contributed by atoms with Gasteiger partial charge in [0.2, 0.25) is 0 Å². The summed E-state index contributed by atoms with van der Waals surface area (Å²) in [6, 6.07) is 7.67. The fraction of sp³-hybridized carbons (Fsp3) is 0.500. The predicted octanol–water partition coefficient (Wildman–Crippen LogP) is 2.36. The number of hydrogen-bond acceptors (Lipinski definition) is 2. The van der Waals surface area contributed by atoms with E-state index in [4.69, 9.17) is 0 Å². The average Bonchev–Trinajstić information content (AvgIpc) is 3.20. The van der Waals surface area contributed by atoms with Crippen LogP contribution in [0.2, 0.25) is 0 Å². The number of carbonyl (C=O) groups excluding carboxylic acids is 1. The third-order valence-corrected chi connectivity index (χ3v) is 3.80. The molecule has 1 aromatic carbocycles. The van der Waals surface area contributed by atoms with E-state index in [9.17, 15) is 9.90 Å². The van der Waals surface area contributed by atoms with Crippen LogP contribution < -0.4 is 5.32 Å². The van der Waals surface area contributed by atoms with Crippen molar-refractivity contribution in [2.24, 2.45) is 5.92 Å². The Labute approximate surface area is 121 Å². The van der Waals surface area contributed by atoms with Gasteiger partial charge in [-0.2, -0.15) is 0 Å². The van der Waals surface area contributed by atoms with E-state index >= 15 is 0 Å². The lowest BCUT2D eigenvalue weighted by atomic mass is 10.2. The number of carbonyl (C=O) groups is 1. The van der Waals surface area contributed by atoms with E-state index in [0.29, 0.717) is 19.0 Å². The van der Waals surface area contributed by atoms with Crippen molar-refractivity contribution in [3.05, 3.63) is 34.3 Å². The van der Waals surface area contributed by atoms with Crippen molar-refractivity contribution >= 4 is 22.0 Å². The molecule has 1 atom stereocenters. The van der Waals surface area contributed by atoms with Gasteiger partial charge in [0.15, 0.2) is 0 Å². The Hall–Kier alpha value is -1.07. The lowest BCUT2D eigenvalue weighted by Crippen LogP contribution is -2.41. The highest BCUT2D eigenvalue weighted by molar-refractivity contribution is 9.10. The minimum Gasteiger partial charge on any atom is -0.391 e. The van der Waals surface area contributed by atoms with Gasteiger partial charge >= 0.3 is 6.03 Å². The summed E-state index contributed by atoms with van der Waals surface area (Å²) in [6.07, 6.45) is 1.77. The summed E-state index contributed by atoms with van der Waals surface area (Å²) in [6.45, 7) is 0.886. The minimum absolute atomic E-state index is 0.153. The number of aliphatic hydroxyl groups excluding tert-OH is 1. The van der Waals surface area contributed by atoms with E-state index in [-0.39, 0.29) is 12.1 Å². The normalized spacial score (nSPS) is 15.9. The molecule has 0 radical (unpaired) electrons. The molecule has 2 N–H and O–H groups in total. The number of rotatable bonds is 5. The molecule has 0 bridgehead atoms. The molecule has 2 amide bonds. The third-order valence-electron chi connectivity index (χ3n) is 3.31. The topological polar surface area (TPSA) is 52.6 Å². The van der Waals surface area contributed by atoms with Crippen molar-refractivity contribution in [3.8, 4) is 0 Å². The number of urea groups is 1. The lowest BCUT2D eigenvalue weighted by molar-refractivity contribution is 0.113. The molecule has 1 aliphatic rings. The Kier molecular flexibility index (Phi) is 4.82. The number of aliphatic hydroxyl groups is 1. The molecule has 1 aromatic rings. The Balaban J connectivity index is 1.76. The zero-order valence-electron chi connectivity index (χ0n) is 11.0. The fourth-order valence-electron chi connectivity index (χ4n) is 1.95. The number of nitrogens with zero attached hydrogens (tertiary/aromatic N) is 1. The van der Waals surface area contributed by atoms with Crippen LogP contribution in [0.4, 0.5) is 4.79 Å². The maximum atomic E-state index is 11.9. The number of benzene rings is 1. The predicted molar refractivity (Wildman–Crippen MR) is 77.7 cm³/mol. The number of nitrogens with one attached hydrogen (secondary N) is 1. The van der Waals surface area contributed by atoms with Crippen molar-refractivity contribution in [2.45, 2.75) is 25.5 Å². The molecule has 1 fully saturated rings. The highest BCUT2D eigenvalue weighted by atomic mass is 79.9. The summed E-state index contributed by atoms with van der Waals surface area (Å²) < 4.78 is 0.997. The summed E-state index contributed by atoms with van der Waals surface area (Å²) in [5, 5.41) is 12.6. The number of halogens is 1. The van der Waals surface area contributed by atoms with Gasteiger partial charge in [0.25, 0.3) is 0 Å². The molecule has 0 aromatic heterocycles. The fourth-order valence-corrected chi connectivity index (χ4v) is 2.40. The first-order chi connectivity index (χ1) is 9.06. The van der Waals surface area contributed by atoms with Gasteiger partial charge in [0.1, 0.15) is 0 Å².